The van der Waals surface area contributed by atoms with Gasteiger partial charge in [0.2, 0.25) is 0 Å². The highest BCUT2D eigenvalue weighted by Gasteiger charge is 2.12. The Hall–Kier alpha value is -2.59. The average Bonchev–Trinajstić information content (AvgIpc) is 3.00. The summed E-state index contributed by atoms with van der Waals surface area (Å²) in [5.41, 5.74) is 3.97. The van der Waals surface area contributed by atoms with Gasteiger partial charge >= 0.3 is 0 Å². The van der Waals surface area contributed by atoms with Crippen LogP contribution in [0.3, 0.4) is 0 Å². The topological polar surface area (TPSA) is 41.6 Å². The molecular weight excluding hydrogens is 290 g/mol. The standard InChI is InChI=1S/C18H13N3S/c1-3-7-13(8-4-1)16-18-17(21-12-20-16)15(11-19-18)22-14-9-5-2-6-10-14/h1-12,19H. The Morgan fingerprint density at radius 1 is 0.818 bits per heavy atom. The van der Waals surface area contributed by atoms with Gasteiger partial charge in [0.15, 0.2) is 0 Å². The van der Waals surface area contributed by atoms with Crippen LogP contribution in [-0.4, -0.2) is 15.0 Å². The number of rotatable bonds is 3. The Kier molecular flexibility index (Phi) is 3.37. The second-order valence-electron chi connectivity index (χ2n) is 4.88. The quantitative estimate of drug-likeness (QED) is 0.592. The number of hydrogen-bond donors (Lipinski definition) is 1. The summed E-state index contributed by atoms with van der Waals surface area (Å²) in [7, 11) is 0. The van der Waals surface area contributed by atoms with Crippen LogP contribution in [0.15, 0.2) is 83.0 Å². The molecule has 0 aliphatic rings. The molecule has 0 spiro atoms. The smallest absolute Gasteiger partial charge is 0.116 e. The average molecular weight is 303 g/mol. The molecule has 0 amide bonds. The number of benzene rings is 2. The third kappa shape index (κ3) is 2.38. The lowest BCUT2D eigenvalue weighted by atomic mass is 10.1. The molecule has 2 heterocycles. The van der Waals surface area contributed by atoms with Crippen LogP contribution < -0.4 is 0 Å². The van der Waals surface area contributed by atoms with Gasteiger partial charge in [-0.1, -0.05) is 60.3 Å². The summed E-state index contributed by atoms with van der Waals surface area (Å²) in [5.74, 6) is 0. The Bertz CT molecular complexity index is 901. The van der Waals surface area contributed by atoms with Crippen molar-refractivity contribution in [2.24, 2.45) is 0 Å². The number of nitrogens with one attached hydrogen (secondary N) is 1. The molecule has 2 aromatic heterocycles. The van der Waals surface area contributed by atoms with E-state index in [1.165, 1.54) is 4.90 Å². The minimum Gasteiger partial charge on any atom is -0.357 e. The fraction of sp³-hybridized carbons (Fsp3) is 0. The molecule has 0 bridgehead atoms. The summed E-state index contributed by atoms with van der Waals surface area (Å²) >= 11 is 1.71. The molecule has 4 heteroatoms. The molecular formula is C18H13N3S. The summed E-state index contributed by atoms with van der Waals surface area (Å²) in [4.78, 5) is 14.5. The first kappa shape index (κ1) is 13.1. The third-order valence-electron chi connectivity index (χ3n) is 3.45. The third-order valence-corrected chi connectivity index (χ3v) is 4.49. The fourth-order valence-electron chi connectivity index (χ4n) is 2.42. The van der Waals surface area contributed by atoms with E-state index in [1.807, 2.05) is 42.6 Å². The van der Waals surface area contributed by atoms with Gasteiger partial charge in [-0.3, -0.25) is 0 Å². The van der Waals surface area contributed by atoms with Crippen molar-refractivity contribution >= 4 is 22.8 Å². The largest absolute Gasteiger partial charge is 0.357 e. The maximum Gasteiger partial charge on any atom is 0.116 e. The van der Waals surface area contributed by atoms with Crippen molar-refractivity contribution in [3.8, 4) is 11.3 Å². The van der Waals surface area contributed by atoms with E-state index in [1.54, 1.807) is 18.1 Å². The maximum atomic E-state index is 4.46. The van der Waals surface area contributed by atoms with Crippen molar-refractivity contribution in [3.05, 3.63) is 73.2 Å². The predicted octanol–water partition coefficient (Wildman–Crippen LogP) is 4.78. The van der Waals surface area contributed by atoms with Crippen LogP contribution in [0.1, 0.15) is 0 Å². The molecule has 4 aromatic rings. The molecule has 1 N–H and O–H groups in total. The van der Waals surface area contributed by atoms with Crippen LogP contribution >= 0.6 is 11.8 Å². The molecule has 0 aliphatic heterocycles. The van der Waals surface area contributed by atoms with E-state index < -0.39 is 0 Å². The molecule has 0 radical (unpaired) electrons. The van der Waals surface area contributed by atoms with Gasteiger partial charge in [0.25, 0.3) is 0 Å². The van der Waals surface area contributed by atoms with Crippen molar-refractivity contribution in [1.29, 1.82) is 0 Å². The Morgan fingerprint density at radius 2 is 1.55 bits per heavy atom. The monoisotopic (exact) mass is 303 g/mol. The van der Waals surface area contributed by atoms with Gasteiger partial charge in [0.05, 0.1) is 16.1 Å². The molecule has 3 nitrogen and oxygen atoms in total. The molecule has 106 valence electrons. The van der Waals surface area contributed by atoms with Gasteiger partial charge in [0.1, 0.15) is 11.8 Å². The maximum absolute atomic E-state index is 4.46. The van der Waals surface area contributed by atoms with E-state index in [0.29, 0.717) is 0 Å². The summed E-state index contributed by atoms with van der Waals surface area (Å²) in [6.07, 6.45) is 3.64. The van der Waals surface area contributed by atoms with E-state index in [4.69, 9.17) is 0 Å². The molecule has 4 rings (SSSR count). The second-order valence-corrected chi connectivity index (χ2v) is 6.00. The van der Waals surface area contributed by atoms with Crippen LogP contribution in [0, 0.1) is 0 Å². The summed E-state index contributed by atoms with van der Waals surface area (Å²) < 4.78 is 0. The first-order chi connectivity index (χ1) is 10.9. The van der Waals surface area contributed by atoms with Gasteiger partial charge in [-0.05, 0) is 12.1 Å². The second kappa shape index (κ2) is 5.66. The zero-order valence-corrected chi connectivity index (χ0v) is 12.5. The van der Waals surface area contributed by atoms with E-state index in [-0.39, 0.29) is 0 Å². The van der Waals surface area contributed by atoms with Crippen molar-refractivity contribution in [2.75, 3.05) is 0 Å². The SMILES string of the molecule is c1ccc(Sc2c[nH]c3c(-c4ccccc4)ncnc23)cc1. The Morgan fingerprint density at radius 3 is 2.32 bits per heavy atom. The van der Waals surface area contributed by atoms with E-state index in [0.717, 1.165) is 27.2 Å². The lowest BCUT2D eigenvalue weighted by molar-refractivity contribution is 1.21. The number of aromatic amines is 1. The lowest BCUT2D eigenvalue weighted by Crippen LogP contribution is -1.87. The van der Waals surface area contributed by atoms with Crippen LogP contribution in [-0.2, 0) is 0 Å². The van der Waals surface area contributed by atoms with Crippen LogP contribution in [0.5, 0.6) is 0 Å². The van der Waals surface area contributed by atoms with Crippen molar-refractivity contribution in [1.82, 2.24) is 15.0 Å². The molecule has 0 saturated heterocycles. The van der Waals surface area contributed by atoms with Crippen LogP contribution in [0.4, 0.5) is 0 Å². The highest BCUT2D eigenvalue weighted by atomic mass is 32.2. The normalized spacial score (nSPS) is 10.9. The zero-order valence-electron chi connectivity index (χ0n) is 11.7. The summed E-state index contributed by atoms with van der Waals surface area (Å²) in [6.45, 7) is 0. The summed E-state index contributed by atoms with van der Waals surface area (Å²) in [5, 5.41) is 0. The summed E-state index contributed by atoms with van der Waals surface area (Å²) in [6, 6.07) is 20.5. The molecule has 0 unspecified atom stereocenters. The van der Waals surface area contributed by atoms with Crippen LogP contribution in [0.25, 0.3) is 22.3 Å². The number of fused-ring (bicyclic) bond motifs is 1. The van der Waals surface area contributed by atoms with Crippen molar-refractivity contribution < 1.29 is 0 Å². The number of hydrogen-bond acceptors (Lipinski definition) is 3. The van der Waals surface area contributed by atoms with Crippen molar-refractivity contribution in [2.45, 2.75) is 9.79 Å². The van der Waals surface area contributed by atoms with Crippen molar-refractivity contribution in [3.63, 3.8) is 0 Å². The number of nitrogens with zero attached hydrogens (tertiary/aromatic N) is 2. The molecule has 0 saturated carbocycles. The van der Waals surface area contributed by atoms with E-state index >= 15 is 0 Å². The number of aromatic nitrogens is 3. The molecule has 22 heavy (non-hydrogen) atoms. The van der Waals surface area contributed by atoms with Crippen LogP contribution in [0.2, 0.25) is 0 Å². The first-order valence-corrected chi connectivity index (χ1v) is 7.84. The van der Waals surface area contributed by atoms with E-state index in [9.17, 15) is 0 Å². The fourth-order valence-corrected chi connectivity index (χ4v) is 3.34. The first-order valence-electron chi connectivity index (χ1n) is 7.02. The lowest BCUT2D eigenvalue weighted by Gasteiger charge is -2.02. The van der Waals surface area contributed by atoms with Gasteiger partial charge in [-0.25, -0.2) is 9.97 Å². The molecule has 0 atom stereocenters. The van der Waals surface area contributed by atoms with Gasteiger partial charge in [-0.2, -0.15) is 0 Å². The predicted molar refractivity (Wildman–Crippen MR) is 89.9 cm³/mol. The molecule has 2 aromatic carbocycles. The highest BCUT2D eigenvalue weighted by molar-refractivity contribution is 7.99. The zero-order chi connectivity index (χ0) is 14.8. The van der Waals surface area contributed by atoms with E-state index in [2.05, 4.69) is 39.2 Å². The van der Waals surface area contributed by atoms with Gasteiger partial charge < -0.3 is 4.98 Å². The molecule has 0 fully saturated rings. The minimum atomic E-state index is 0.936. The molecule has 0 aliphatic carbocycles. The van der Waals surface area contributed by atoms with Gasteiger partial charge in [-0.15, -0.1) is 0 Å². The number of H-pyrrole nitrogens is 1. The Labute approximate surface area is 132 Å². The van der Waals surface area contributed by atoms with Gasteiger partial charge in [0, 0.05) is 16.7 Å². The highest BCUT2D eigenvalue weighted by Crippen LogP contribution is 2.34. The Balaban J connectivity index is 1.80. The minimum absolute atomic E-state index is 0.936.